The van der Waals surface area contributed by atoms with Gasteiger partial charge in [0.15, 0.2) is 0 Å². The van der Waals surface area contributed by atoms with Crippen molar-refractivity contribution in [2.75, 3.05) is 23.4 Å². The van der Waals surface area contributed by atoms with Crippen molar-refractivity contribution in [2.45, 2.75) is 0 Å². The number of hydrogen-bond donors (Lipinski definition) is 2. The van der Waals surface area contributed by atoms with Gasteiger partial charge in [0, 0.05) is 36.4 Å². The van der Waals surface area contributed by atoms with Gasteiger partial charge in [-0.1, -0.05) is 0 Å². The molecular weight excluding hydrogens is 200 g/mol. The lowest BCUT2D eigenvalue weighted by atomic mass is 10.2. The van der Waals surface area contributed by atoms with Gasteiger partial charge in [0.25, 0.3) is 0 Å². The summed E-state index contributed by atoms with van der Waals surface area (Å²) in [5.41, 5.74) is 13.8. The van der Waals surface area contributed by atoms with Gasteiger partial charge in [0.1, 0.15) is 5.82 Å². The van der Waals surface area contributed by atoms with Crippen LogP contribution in [0.3, 0.4) is 0 Å². The van der Waals surface area contributed by atoms with Crippen LogP contribution in [0, 0.1) is 0 Å². The van der Waals surface area contributed by atoms with Crippen LogP contribution in [0.1, 0.15) is 0 Å². The number of rotatable bonds is 2. The lowest BCUT2D eigenvalue weighted by Gasteiger charge is -2.18. The second-order valence-corrected chi connectivity index (χ2v) is 3.60. The van der Waals surface area contributed by atoms with E-state index >= 15 is 0 Å². The van der Waals surface area contributed by atoms with E-state index in [-0.39, 0.29) is 0 Å². The Labute approximate surface area is 94.5 Å². The Morgan fingerprint density at radius 3 is 2.31 bits per heavy atom. The number of benzene rings is 1. The highest BCUT2D eigenvalue weighted by atomic mass is 15.2. The molecule has 0 unspecified atom stereocenters. The molecule has 2 aromatic rings. The lowest BCUT2D eigenvalue weighted by molar-refractivity contribution is 1.13. The molecule has 0 radical (unpaired) electrons. The summed E-state index contributed by atoms with van der Waals surface area (Å²) in [6.07, 6.45) is 1.69. The Hall–Kier alpha value is -2.23. The molecular formula is C12H14N4. The van der Waals surface area contributed by atoms with Crippen molar-refractivity contribution in [3.63, 3.8) is 0 Å². The molecule has 0 aliphatic rings. The molecule has 1 aromatic carbocycles. The van der Waals surface area contributed by atoms with Crippen molar-refractivity contribution in [1.29, 1.82) is 0 Å². The zero-order valence-electron chi connectivity index (χ0n) is 9.09. The van der Waals surface area contributed by atoms with Crippen LogP contribution in [0.25, 0.3) is 0 Å². The molecule has 4 heteroatoms. The van der Waals surface area contributed by atoms with E-state index in [1.165, 1.54) is 0 Å². The number of aromatic nitrogens is 1. The Morgan fingerprint density at radius 2 is 1.69 bits per heavy atom. The van der Waals surface area contributed by atoms with Crippen molar-refractivity contribution in [1.82, 2.24) is 4.98 Å². The van der Waals surface area contributed by atoms with Gasteiger partial charge in [-0.05, 0) is 30.3 Å². The minimum absolute atomic E-state index is 0.701. The Bertz CT molecular complexity index is 479. The van der Waals surface area contributed by atoms with Gasteiger partial charge in [0.2, 0.25) is 0 Å². The molecule has 0 aliphatic carbocycles. The van der Waals surface area contributed by atoms with Crippen molar-refractivity contribution >= 4 is 22.9 Å². The molecule has 16 heavy (non-hydrogen) atoms. The number of nitrogens with zero attached hydrogens (tertiary/aromatic N) is 2. The fourth-order valence-corrected chi connectivity index (χ4v) is 1.45. The van der Waals surface area contributed by atoms with E-state index in [0.29, 0.717) is 5.69 Å². The zero-order valence-corrected chi connectivity index (χ0v) is 9.09. The number of nitrogens with two attached hydrogens (primary N) is 2. The SMILES string of the molecule is CN(c1ccc(N)cc1)c1cc(N)ccn1. The van der Waals surface area contributed by atoms with Crippen LogP contribution in [0.15, 0.2) is 42.6 Å². The summed E-state index contributed by atoms with van der Waals surface area (Å²) in [4.78, 5) is 6.21. The largest absolute Gasteiger partial charge is 0.399 e. The van der Waals surface area contributed by atoms with Crippen molar-refractivity contribution in [3.05, 3.63) is 42.6 Å². The number of pyridine rings is 1. The van der Waals surface area contributed by atoms with E-state index in [9.17, 15) is 0 Å². The van der Waals surface area contributed by atoms with Gasteiger partial charge in [-0.3, -0.25) is 0 Å². The molecule has 1 heterocycles. The fourth-order valence-electron chi connectivity index (χ4n) is 1.45. The molecule has 0 bridgehead atoms. The molecule has 1 aromatic heterocycles. The lowest BCUT2D eigenvalue weighted by Crippen LogP contribution is -2.11. The number of anilines is 4. The smallest absolute Gasteiger partial charge is 0.134 e. The minimum Gasteiger partial charge on any atom is -0.399 e. The van der Waals surface area contributed by atoms with Crippen molar-refractivity contribution in [3.8, 4) is 0 Å². The van der Waals surface area contributed by atoms with Gasteiger partial charge < -0.3 is 16.4 Å². The maximum absolute atomic E-state index is 5.71. The predicted molar refractivity (Wildman–Crippen MR) is 67.6 cm³/mol. The second-order valence-electron chi connectivity index (χ2n) is 3.60. The van der Waals surface area contributed by atoms with Gasteiger partial charge in [-0.15, -0.1) is 0 Å². The highest BCUT2D eigenvalue weighted by Crippen LogP contribution is 2.23. The van der Waals surface area contributed by atoms with Crippen LogP contribution in [0.5, 0.6) is 0 Å². The average Bonchev–Trinajstić information content (AvgIpc) is 2.29. The van der Waals surface area contributed by atoms with Crippen LogP contribution >= 0.6 is 0 Å². The number of hydrogen-bond acceptors (Lipinski definition) is 4. The van der Waals surface area contributed by atoms with Crippen LogP contribution in [0.4, 0.5) is 22.9 Å². The van der Waals surface area contributed by atoms with E-state index in [0.717, 1.165) is 17.2 Å². The summed E-state index contributed by atoms with van der Waals surface area (Å²) in [5.74, 6) is 0.810. The first-order chi connectivity index (χ1) is 7.66. The molecule has 0 aliphatic heterocycles. The quantitative estimate of drug-likeness (QED) is 0.750. The van der Waals surface area contributed by atoms with E-state index in [1.54, 1.807) is 12.3 Å². The highest BCUT2D eigenvalue weighted by molar-refractivity contribution is 5.63. The topological polar surface area (TPSA) is 68.2 Å². The summed E-state index contributed by atoms with van der Waals surface area (Å²) in [5, 5.41) is 0. The molecule has 2 rings (SSSR count). The molecule has 0 atom stereocenters. The third-order valence-electron chi connectivity index (χ3n) is 2.39. The van der Waals surface area contributed by atoms with Crippen LogP contribution in [-0.2, 0) is 0 Å². The molecule has 0 saturated heterocycles. The molecule has 82 valence electrons. The number of nitrogen functional groups attached to an aromatic ring is 2. The maximum atomic E-state index is 5.71. The van der Waals surface area contributed by atoms with Gasteiger partial charge in [0.05, 0.1) is 0 Å². The van der Waals surface area contributed by atoms with E-state index in [1.807, 2.05) is 42.3 Å². The third kappa shape index (κ3) is 2.06. The first-order valence-electron chi connectivity index (χ1n) is 4.97. The van der Waals surface area contributed by atoms with E-state index < -0.39 is 0 Å². The first kappa shape index (κ1) is 10.3. The van der Waals surface area contributed by atoms with E-state index in [4.69, 9.17) is 11.5 Å². The molecule has 0 fully saturated rings. The first-order valence-corrected chi connectivity index (χ1v) is 4.97. The monoisotopic (exact) mass is 214 g/mol. The third-order valence-corrected chi connectivity index (χ3v) is 2.39. The summed E-state index contributed by atoms with van der Waals surface area (Å²) < 4.78 is 0. The second kappa shape index (κ2) is 4.10. The molecule has 4 N–H and O–H groups in total. The van der Waals surface area contributed by atoms with Crippen LogP contribution in [-0.4, -0.2) is 12.0 Å². The van der Waals surface area contributed by atoms with Crippen molar-refractivity contribution in [2.24, 2.45) is 0 Å². The Kier molecular flexibility index (Phi) is 2.64. The summed E-state index contributed by atoms with van der Waals surface area (Å²) in [6.45, 7) is 0. The fraction of sp³-hybridized carbons (Fsp3) is 0.0833. The van der Waals surface area contributed by atoms with Crippen molar-refractivity contribution < 1.29 is 0 Å². The zero-order chi connectivity index (χ0) is 11.5. The average molecular weight is 214 g/mol. The molecule has 0 saturated carbocycles. The van der Waals surface area contributed by atoms with Gasteiger partial charge in [-0.25, -0.2) is 4.98 Å². The molecule has 4 nitrogen and oxygen atoms in total. The minimum atomic E-state index is 0.701. The van der Waals surface area contributed by atoms with Gasteiger partial charge >= 0.3 is 0 Å². The predicted octanol–water partition coefficient (Wildman–Crippen LogP) is 2.01. The standard InChI is InChI=1S/C12H14N4/c1-16(11-4-2-9(13)3-5-11)12-8-10(14)6-7-15-12/h2-8H,13H2,1H3,(H2,14,15). The van der Waals surface area contributed by atoms with Gasteiger partial charge in [-0.2, -0.15) is 0 Å². The summed E-state index contributed by atoms with van der Waals surface area (Å²) in [6, 6.07) is 11.2. The van der Waals surface area contributed by atoms with Crippen LogP contribution in [0.2, 0.25) is 0 Å². The van der Waals surface area contributed by atoms with Crippen LogP contribution < -0.4 is 16.4 Å². The Morgan fingerprint density at radius 1 is 1.00 bits per heavy atom. The van der Waals surface area contributed by atoms with E-state index in [2.05, 4.69) is 4.98 Å². The normalized spacial score (nSPS) is 10.1. The maximum Gasteiger partial charge on any atom is 0.134 e. The Balaban J connectivity index is 2.31. The highest BCUT2D eigenvalue weighted by Gasteiger charge is 2.04. The summed E-state index contributed by atoms with van der Waals surface area (Å²) in [7, 11) is 1.94. The molecule has 0 amide bonds. The summed E-state index contributed by atoms with van der Waals surface area (Å²) >= 11 is 0. The molecule has 0 spiro atoms.